The fourth-order valence-corrected chi connectivity index (χ4v) is 7.71. The Balaban J connectivity index is 1.38. The number of para-hydroxylation sites is 2. The minimum absolute atomic E-state index is 0.601. The molecule has 0 saturated carbocycles. The van der Waals surface area contributed by atoms with Gasteiger partial charge in [0.1, 0.15) is 0 Å². The molecule has 0 atom stereocenters. The van der Waals surface area contributed by atoms with Gasteiger partial charge in [-0.05, 0) is 111 Å². The van der Waals surface area contributed by atoms with E-state index in [1.807, 2.05) is 48.8 Å². The zero-order valence-corrected chi connectivity index (χ0v) is 25.7. The van der Waals surface area contributed by atoms with Crippen molar-refractivity contribution in [1.29, 1.82) is 10.5 Å². The van der Waals surface area contributed by atoms with Crippen LogP contribution in [0.1, 0.15) is 33.4 Å². The van der Waals surface area contributed by atoms with Crippen molar-refractivity contribution >= 4 is 17.1 Å². The van der Waals surface area contributed by atoms with E-state index in [1.165, 1.54) is 0 Å². The molecule has 0 bridgehead atoms. The number of nitrogens with zero attached hydrogens (tertiary/aromatic N) is 5. The van der Waals surface area contributed by atoms with Crippen LogP contribution in [-0.4, -0.2) is 9.97 Å². The third-order valence-electron chi connectivity index (χ3n) is 9.66. The molecule has 0 unspecified atom stereocenters. The highest BCUT2D eigenvalue weighted by atomic mass is 15.2. The first-order chi connectivity index (χ1) is 23.7. The zero-order valence-electron chi connectivity index (χ0n) is 25.7. The van der Waals surface area contributed by atoms with Crippen LogP contribution >= 0.6 is 0 Å². The Bertz CT molecular complexity index is 2320. The number of benzene rings is 5. The van der Waals surface area contributed by atoms with Crippen LogP contribution in [0.3, 0.4) is 0 Å². The van der Waals surface area contributed by atoms with Crippen molar-refractivity contribution in [3.8, 4) is 45.5 Å². The first-order valence-corrected chi connectivity index (χ1v) is 15.8. The van der Waals surface area contributed by atoms with Gasteiger partial charge < -0.3 is 4.90 Å². The van der Waals surface area contributed by atoms with Crippen LogP contribution in [0.15, 0.2) is 152 Å². The second-order valence-electron chi connectivity index (χ2n) is 12.1. The third-order valence-corrected chi connectivity index (χ3v) is 9.66. The molecule has 0 saturated heterocycles. The number of pyridine rings is 2. The molecule has 2 aliphatic rings. The van der Waals surface area contributed by atoms with Gasteiger partial charge in [0.15, 0.2) is 0 Å². The van der Waals surface area contributed by atoms with Crippen molar-refractivity contribution < 1.29 is 0 Å². The molecule has 1 aliphatic carbocycles. The Morgan fingerprint density at radius 1 is 0.479 bits per heavy atom. The lowest BCUT2D eigenvalue weighted by atomic mass is 9.64. The Morgan fingerprint density at radius 2 is 0.979 bits per heavy atom. The Hall–Kier alpha value is -6.82. The molecule has 7 aromatic rings. The molecule has 1 aliphatic heterocycles. The molecule has 2 aromatic heterocycles. The summed E-state index contributed by atoms with van der Waals surface area (Å²) in [5, 5.41) is 20.1. The average Bonchev–Trinajstić information content (AvgIpc) is 3.44. The SMILES string of the molecule is N#Cc1ccc2c(c1)C1(c3cc(C#N)ccc3-2)c2ccccc2N(c2cc(-c3cccnc3)cc(-c3cccnc3)c2)c2ccccc21. The van der Waals surface area contributed by atoms with E-state index in [0.29, 0.717) is 11.1 Å². The van der Waals surface area contributed by atoms with Gasteiger partial charge in [0, 0.05) is 41.6 Å². The number of hydrogen-bond acceptors (Lipinski definition) is 5. The Labute approximate surface area is 278 Å². The van der Waals surface area contributed by atoms with Crippen molar-refractivity contribution in [3.63, 3.8) is 0 Å². The van der Waals surface area contributed by atoms with Crippen molar-refractivity contribution in [2.75, 3.05) is 4.90 Å². The van der Waals surface area contributed by atoms with Gasteiger partial charge >= 0.3 is 0 Å². The molecule has 222 valence electrons. The van der Waals surface area contributed by atoms with Gasteiger partial charge in [0.25, 0.3) is 0 Å². The fourth-order valence-electron chi connectivity index (χ4n) is 7.71. The monoisotopic (exact) mass is 611 g/mol. The van der Waals surface area contributed by atoms with Gasteiger partial charge in [-0.3, -0.25) is 9.97 Å². The highest BCUT2D eigenvalue weighted by Crippen LogP contribution is 2.63. The van der Waals surface area contributed by atoms with Gasteiger partial charge in [0.2, 0.25) is 0 Å². The molecular formula is C43H25N5. The molecule has 48 heavy (non-hydrogen) atoms. The number of hydrogen-bond donors (Lipinski definition) is 0. The lowest BCUT2D eigenvalue weighted by Gasteiger charge is -2.45. The lowest BCUT2D eigenvalue weighted by Crippen LogP contribution is -2.36. The van der Waals surface area contributed by atoms with Gasteiger partial charge in [-0.2, -0.15) is 10.5 Å². The van der Waals surface area contributed by atoms with E-state index in [0.717, 1.165) is 72.7 Å². The number of rotatable bonds is 3. The zero-order chi connectivity index (χ0) is 32.2. The summed E-state index contributed by atoms with van der Waals surface area (Å²) in [5.74, 6) is 0. The highest BCUT2D eigenvalue weighted by molar-refractivity contribution is 5.97. The van der Waals surface area contributed by atoms with E-state index in [4.69, 9.17) is 0 Å². The van der Waals surface area contributed by atoms with Crippen LogP contribution in [0.25, 0.3) is 33.4 Å². The van der Waals surface area contributed by atoms with Crippen LogP contribution < -0.4 is 4.90 Å². The van der Waals surface area contributed by atoms with Crippen LogP contribution in [0.5, 0.6) is 0 Å². The van der Waals surface area contributed by atoms with Gasteiger partial charge in [-0.25, -0.2) is 0 Å². The van der Waals surface area contributed by atoms with Gasteiger partial charge in [-0.15, -0.1) is 0 Å². The number of aromatic nitrogens is 2. The maximum atomic E-state index is 10.1. The quantitative estimate of drug-likeness (QED) is 0.199. The standard InChI is InChI=1S/C43H25N5/c44-24-28-13-15-35-36-16-14-29(25-45)20-40(36)43(39(35)19-28)37-9-1-3-11-41(37)48(42-12-4-2-10-38(42)43)34-22-32(30-7-5-17-46-26-30)21-33(23-34)31-8-6-18-47-27-31/h1-23,26-27H. The summed E-state index contributed by atoms with van der Waals surface area (Å²) in [6.07, 6.45) is 7.37. The number of nitriles is 2. The van der Waals surface area contributed by atoms with E-state index >= 15 is 0 Å². The maximum Gasteiger partial charge on any atom is 0.0991 e. The Morgan fingerprint density at radius 3 is 1.44 bits per heavy atom. The average molecular weight is 612 g/mol. The molecule has 0 fully saturated rings. The minimum atomic E-state index is -0.749. The van der Waals surface area contributed by atoms with Crippen molar-refractivity contribution in [2.45, 2.75) is 5.41 Å². The summed E-state index contributed by atoms with van der Waals surface area (Å²) in [5.41, 5.74) is 14.1. The Kier molecular flexibility index (Phi) is 6.09. The molecule has 5 nitrogen and oxygen atoms in total. The molecule has 3 heterocycles. The van der Waals surface area contributed by atoms with Crippen molar-refractivity contribution in [2.24, 2.45) is 0 Å². The molecule has 5 aromatic carbocycles. The summed E-state index contributed by atoms with van der Waals surface area (Å²) in [4.78, 5) is 11.2. The molecular weight excluding hydrogens is 587 g/mol. The van der Waals surface area contributed by atoms with E-state index in [9.17, 15) is 10.5 Å². The smallest absolute Gasteiger partial charge is 0.0991 e. The van der Waals surface area contributed by atoms with E-state index in [2.05, 4.69) is 118 Å². The van der Waals surface area contributed by atoms with Crippen LogP contribution in [0.4, 0.5) is 17.1 Å². The lowest BCUT2D eigenvalue weighted by molar-refractivity contribution is 0.752. The summed E-state index contributed by atoms with van der Waals surface area (Å²) in [6, 6.07) is 48.5. The molecule has 1 spiro atoms. The summed E-state index contributed by atoms with van der Waals surface area (Å²) < 4.78 is 0. The van der Waals surface area contributed by atoms with Crippen LogP contribution in [0.2, 0.25) is 0 Å². The minimum Gasteiger partial charge on any atom is -0.310 e. The first kappa shape index (κ1) is 27.5. The normalized spacial score (nSPS) is 13.1. The predicted molar refractivity (Wildman–Crippen MR) is 188 cm³/mol. The summed E-state index contributed by atoms with van der Waals surface area (Å²) in [7, 11) is 0. The van der Waals surface area contributed by atoms with Crippen molar-refractivity contribution in [1.82, 2.24) is 9.97 Å². The molecule has 0 amide bonds. The molecule has 0 N–H and O–H groups in total. The molecule has 9 rings (SSSR count). The van der Waals surface area contributed by atoms with Crippen LogP contribution in [-0.2, 0) is 5.41 Å². The third kappa shape index (κ3) is 3.89. The maximum absolute atomic E-state index is 10.1. The number of fused-ring (bicyclic) bond motifs is 9. The first-order valence-electron chi connectivity index (χ1n) is 15.8. The van der Waals surface area contributed by atoms with Crippen molar-refractivity contribution in [3.05, 3.63) is 186 Å². The molecule has 5 heteroatoms. The van der Waals surface area contributed by atoms with Gasteiger partial charge in [0.05, 0.1) is 40.1 Å². The highest BCUT2D eigenvalue weighted by Gasteiger charge is 2.52. The summed E-state index contributed by atoms with van der Waals surface area (Å²) >= 11 is 0. The predicted octanol–water partition coefficient (Wildman–Crippen LogP) is 9.70. The van der Waals surface area contributed by atoms with E-state index in [-0.39, 0.29) is 0 Å². The van der Waals surface area contributed by atoms with E-state index < -0.39 is 5.41 Å². The van der Waals surface area contributed by atoms with E-state index in [1.54, 1.807) is 12.4 Å². The van der Waals surface area contributed by atoms with Crippen LogP contribution in [0, 0.1) is 22.7 Å². The topological polar surface area (TPSA) is 76.6 Å². The molecule has 0 radical (unpaired) electrons. The fraction of sp³-hybridized carbons (Fsp3) is 0.0233. The summed E-state index contributed by atoms with van der Waals surface area (Å²) in [6.45, 7) is 0. The van der Waals surface area contributed by atoms with Gasteiger partial charge in [-0.1, -0.05) is 60.7 Å². The second kappa shape index (κ2) is 10.6. The second-order valence-corrected chi connectivity index (χ2v) is 12.1. The largest absolute Gasteiger partial charge is 0.310 e. The number of anilines is 3.